The fourth-order valence-corrected chi connectivity index (χ4v) is 5.68. The summed E-state index contributed by atoms with van der Waals surface area (Å²) >= 11 is 6.18. The van der Waals surface area contributed by atoms with Gasteiger partial charge in [-0.2, -0.15) is 5.10 Å². The van der Waals surface area contributed by atoms with Crippen LogP contribution in [0.15, 0.2) is 107 Å². The second-order valence-electron chi connectivity index (χ2n) is 9.97. The lowest BCUT2D eigenvalue weighted by atomic mass is 9.93. The number of aromatic nitrogens is 2. The molecule has 0 spiro atoms. The van der Waals surface area contributed by atoms with Crippen molar-refractivity contribution in [3.05, 3.63) is 119 Å². The standard InChI is InChI=1S/C33H27ClN6O2/c1-20-29-30(21-13-18-27(41-2)28(19-21)42-3)39-26-12-8-7-11-25(26)36-31(35-23-16-14-22(34)15-17-23)33(39)37-32(29)40(38-20)24-9-5-4-6-10-24/h4-19,30H,1-3H3,(H,35,36)/t30-/m1/s1. The zero-order valence-electron chi connectivity index (χ0n) is 23.2. The first-order chi connectivity index (χ1) is 20.6. The van der Waals surface area contributed by atoms with Gasteiger partial charge in [-0.3, -0.25) is 0 Å². The molecule has 0 unspecified atom stereocenters. The molecule has 2 aliphatic heterocycles. The lowest BCUT2D eigenvalue weighted by Crippen LogP contribution is -2.46. The Morgan fingerprint density at radius 3 is 2.31 bits per heavy atom. The van der Waals surface area contributed by atoms with Crippen LogP contribution in [0.2, 0.25) is 5.02 Å². The number of para-hydroxylation sites is 3. The first-order valence-electron chi connectivity index (χ1n) is 13.5. The second-order valence-corrected chi connectivity index (χ2v) is 10.4. The van der Waals surface area contributed by atoms with Gasteiger partial charge in [0.1, 0.15) is 0 Å². The maximum Gasteiger partial charge on any atom is 0.179 e. The summed E-state index contributed by atoms with van der Waals surface area (Å²) in [5, 5.41) is 9.16. The van der Waals surface area contributed by atoms with Crippen molar-refractivity contribution in [2.75, 3.05) is 24.4 Å². The number of halogens is 1. The van der Waals surface area contributed by atoms with Gasteiger partial charge in [-0.25, -0.2) is 14.7 Å². The van der Waals surface area contributed by atoms with Crippen LogP contribution in [0, 0.1) is 6.92 Å². The minimum atomic E-state index is -0.288. The van der Waals surface area contributed by atoms with Gasteiger partial charge in [0.25, 0.3) is 0 Å². The highest BCUT2D eigenvalue weighted by molar-refractivity contribution is 6.51. The molecule has 1 atom stereocenters. The number of methoxy groups -OCH3 is 2. The predicted octanol–water partition coefficient (Wildman–Crippen LogP) is 7.65. The van der Waals surface area contributed by atoms with Gasteiger partial charge >= 0.3 is 0 Å². The third kappa shape index (κ3) is 4.28. The molecule has 0 amide bonds. The van der Waals surface area contributed by atoms with E-state index in [1.807, 2.05) is 96.5 Å². The van der Waals surface area contributed by atoms with Crippen LogP contribution in [-0.4, -0.2) is 35.7 Å². The van der Waals surface area contributed by atoms with Crippen LogP contribution in [0.25, 0.3) is 5.69 Å². The zero-order chi connectivity index (χ0) is 28.8. The number of rotatable bonds is 5. The largest absolute Gasteiger partial charge is 0.493 e. The summed E-state index contributed by atoms with van der Waals surface area (Å²) < 4.78 is 13.2. The molecule has 0 bridgehead atoms. The van der Waals surface area contributed by atoms with Gasteiger partial charge in [-0.05, 0) is 73.2 Å². The predicted molar refractivity (Wildman–Crippen MR) is 168 cm³/mol. The Labute approximate surface area is 248 Å². The van der Waals surface area contributed by atoms with Gasteiger partial charge in [0.15, 0.2) is 29.0 Å². The Kier molecular flexibility index (Phi) is 6.40. The van der Waals surface area contributed by atoms with Gasteiger partial charge in [-0.15, -0.1) is 0 Å². The molecule has 7 rings (SSSR count). The highest BCUT2D eigenvalue weighted by atomic mass is 35.5. The van der Waals surface area contributed by atoms with Gasteiger partial charge in [0, 0.05) is 16.3 Å². The number of aryl methyl sites for hydroxylation is 1. The molecule has 208 valence electrons. The second kappa shape index (κ2) is 10.4. The van der Waals surface area contributed by atoms with Crippen LogP contribution in [0.1, 0.15) is 22.9 Å². The third-order valence-corrected chi connectivity index (χ3v) is 7.72. The number of fused-ring (bicyclic) bond motifs is 4. The van der Waals surface area contributed by atoms with E-state index >= 15 is 0 Å². The summed E-state index contributed by atoms with van der Waals surface area (Å²) in [6.07, 6.45) is 0. The zero-order valence-corrected chi connectivity index (χ0v) is 24.0. The highest BCUT2D eigenvalue weighted by Gasteiger charge is 2.41. The van der Waals surface area contributed by atoms with Crippen molar-refractivity contribution in [1.82, 2.24) is 9.78 Å². The van der Waals surface area contributed by atoms with E-state index in [-0.39, 0.29) is 6.04 Å². The molecule has 5 aromatic rings. The minimum absolute atomic E-state index is 0.288. The van der Waals surface area contributed by atoms with Gasteiger partial charge in [0.05, 0.1) is 43.0 Å². The maximum absolute atomic E-state index is 6.18. The Balaban J connectivity index is 1.50. The summed E-state index contributed by atoms with van der Waals surface area (Å²) in [5.41, 5.74) is 6.41. The number of hydrogen-bond acceptors (Lipinski definition) is 7. The van der Waals surface area contributed by atoms with Gasteiger partial charge < -0.3 is 19.7 Å². The summed E-state index contributed by atoms with van der Waals surface area (Å²) in [6, 6.07) is 31.4. The normalized spacial score (nSPS) is 15.1. The third-order valence-electron chi connectivity index (χ3n) is 7.47. The fraction of sp³-hybridized carbons (Fsp3) is 0.121. The van der Waals surface area contributed by atoms with E-state index < -0.39 is 0 Å². The summed E-state index contributed by atoms with van der Waals surface area (Å²) in [5.74, 6) is 3.34. The molecule has 0 fully saturated rings. The number of benzene rings is 4. The Bertz CT molecular complexity index is 1860. The highest BCUT2D eigenvalue weighted by Crippen LogP contribution is 2.49. The van der Waals surface area contributed by atoms with Crippen LogP contribution in [0.4, 0.5) is 22.9 Å². The topological polar surface area (TPSA) is 76.3 Å². The average Bonchev–Trinajstić information content (AvgIpc) is 3.37. The number of ether oxygens (including phenoxy) is 2. The molecule has 0 saturated heterocycles. The smallest absolute Gasteiger partial charge is 0.179 e. The number of anilines is 2. The molecule has 3 heterocycles. The van der Waals surface area contributed by atoms with Gasteiger partial charge in [0.2, 0.25) is 0 Å². The molecule has 42 heavy (non-hydrogen) atoms. The monoisotopic (exact) mass is 574 g/mol. The number of hydrogen-bond donors (Lipinski definition) is 1. The minimum Gasteiger partial charge on any atom is -0.493 e. The van der Waals surface area contributed by atoms with Crippen molar-refractivity contribution in [3.8, 4) is 17.2 Å². The van der Waals surface area contributed by atoms with E-state index in [1.54, 1.807) is 14.2 Å². The Morgan fingerprint density at radius 1 is 0.810 bits per heavy atom. The van der Waals surface area contributed by atoms with Crippen molar-refractivity contribution >= 4 is 46.2 Å². The van der Waals surface area contributed by atoms with E-state index in [9.17, 15) is 0 Å². The van der Waals surface area contributed by atoms with Crippen molar-refractivity contribution in [3.63, 3.8) is 0 Å². The van der Waals surface area contributed by atoms with Crippen LogP contribution in [0.5, 0.6) is 11.5 Å². The SMILES string of the molecule is COc1ccc([C@@H]2c3c(C)nn(-c4ccccc4)c3N=C3C(Nc4ccc(Cl)cc4)=Nc4ccccc4N32)cc1OC. The van der Waals surface area contributed by atoms with Crippen LogP contribution in [0.3, 0.4) is 0 Å². The van der Waals surface area contributed by atoms with E-state index in [2.05, 4.69) is 22.3 Å². The summed E-state index contributed by atoms with van der Waals surface area (Å²) in [6.45, 7) is 2.03. The van der Waals surface area contributed by atoms with Crippen molar-refractivity contribution in [1.29, 1.82) is 0 Å². The fourth-order valence-electron chi connectivity index (χ4n) is 5.56. The quantitative estimate of drug-likeness (QED) is 0.233. The molecule has 0 radical (unpaired) electrons. The molecular formula is C33H27ClN6O2. The van der Waals surface area contributed by atoms with Crippen LogP contribution < -0.4 is 19.7 Å². The number of nitrogens with one attached hydrogen (secondary N) is 1. The van der Waals surface area contributed by atoms with Crippen LogP contribution in [-0.2, 0) is 0 Å². The van der Waals surface area contributed by atoms with E-state index in [0.29, 0.717) is 28.2 Å². The lowest BCUT2D eigenvalue weighted by molar-refractivity contribution is 0.354. The number of aliphatic imine (C=N–C) groups is 2. The van der Waals surface area contributed by atoms with Gasteiger partial charge in [-0.1, -0.05) is 48.0 Å². The molecule has 8 nitrogen and oxygen atoms in total. The van der Waals surface area contributed by atoms with E-state index in [1.165, 1.54) is 0 Å². The summed E-state index contributed by atoms with van der Waals surface area (Å²) in [4.78, 5) is 12.6. The molecule has 1 N–H and O–H groups in total. The van der Waals surface area contributed by atoms with Crippen LogP contribution >= 0.6 is 11.6 Å². The first-order valence-corrected chi connectivity index (χ1v) is 13.9. The summed E-state index contributed by atoms with van der Waals surface area (Å²) in [7, 11) is 3.29. The molecule has 4 aromatic carbocycles. The average molecular weight is 575 g/mol. The maximum atomic E-state index is 6.18. The molecule has 9 heteroatoms. The number of amidine groups is 2. The van der Waals surface area contributed by atoms with E-state index in [4.69, 9.17) is 36.2 Å². The van der Waals surface area contributed by atoms with Crippen molar-refractivity contribution < 1.29 is 9.47 Å². The molecular weight excluding hydrogens is 548 g/mol. The Hall–Kier alpha value is -5.08. The number of nitrogens with zero attached hydrogens (tertiary/aromatic N) is 5. The molecule has 2 aliphatic rings. The molecule has 0 aliphatic carbocycles. The first kappa shape index (κ1) is 25.9. The molecule has 0 saturated carbocycles. The Morgan fingerprint density at radius 2 is 1.55 bits per heavy atom. The van der Waals surface area contributed by atoms with Crippen molar-refractivity contribution in [2.45, 2.75) is 13.0 Å². The van der Waals surface area contributed by atoms with E-state index in [0.717, 1.165) is 45.4 Å². The van der Waals surface area contributed by atoms with Crippen molar-refractivity contribution in [2.24, 2.45) is 9.98 Å². The molecule has 1 aromatic heterocycles. The lowest BCUT2D eigenvalue weighted by Gasteiger charge is -2.40.